The average molecular weight is 394 g/mol. The predicted octanol–water partition coefficient (Wildman–Crippen LogP) is 5.35. The molecule has 0 aliphatic rings. The van der Waals surface area contributed by atoms with E-state index in [9.17, 15) is 9.59 Å². The van der Waals surface area contributed by atoms with Crippen LogP contribution in [0.5, 0.6) is 0 Å². The predicted molar refractivity (Wildman–Crippen MR) is 121 cm³/mol. The van der Waals surface area contributed by atoms with Gasteiger partial charge < -0.3 is 4.98 Å². The van der Waals surface area contributed by atoms with Crippen LogP contribution in [0.15, 0.2) is 89.9 Å². The molecule has 0 bridgehead atoms. The molecule has 0 atom stereocenters. The van der Waals surface area contributed by atoms with E-state index in [1.165, 1.54) is 15.7 Å². The van der Waals surface area contributed by atoms with Gasteiger partial charge in [-0.05, 0) is 60.4 Å². The van der Waals surface area contributed by atoms with E-state index < -0.39 is 0 Å². The molecule has 30 heavy (non-hydrogen) atoms. The lowest BCUT2D eigenvalue weighted by Crippen LogP contribution is -2.14. The number of nitrogens with zero attached hydrogens (tertiary/aromatic N) is 1. The van der Waals surface area contributed by atoms with Crippen molar-refractivity contribution in [2.75, 3.05) is 0 Å². The van der Waals surface area contributed by atoms with Gasteiger partial charge in [-0.3, -0.25) is 9.36 Å². The fourth-order valence-corrected chi connectivity index (χ4v) is 3.28. The molecule has 4 heteroatoms. The molecule has 0 saturated heterocycles. The second-order valence-corrected chi connectivity index (χ2v) is 7.30. The minimum absolute atomic E-state index is 0.112. The van der Waals surface area contributed by atoms with Crippen LogP contribution < -0.4 is 5.69 Å². The van der Waals surface area contributed by atoms with Crippen molar-refractivity contribution in [3.8, 4) is 16.9 Å². The summed E-state index contributed by atoms with van der Waals surface area (Å²) in [5.41, 5.74) is 5.95. The van der Waals surface area contributed by atoms with E-state index in [1.807, 2.05) is 55.5 Å². The van der Waals surface area contributed by atoms with Crippen LogP contribution in [-0.4, -0.2) is 15.3 Å². The van der Waals surface area contributed by atoms with E-state index >= 15 is 0 Å². The molecule has 1 N–H and O–H groups in total. The second kappa shape index (κ2) is 8.21. The third kappa shape index (κ3) is 4.08. The number of imidazole rings is 1. The van der Waals surface area contributed by atoms with E-state index in [-0.39, 0.29) is 11.5 Å². The van der Waals surface area contributed by atoms with Crippen molar-refractivity contribution in [2.24, 2.45) is 0 Å². The number of carbonyl (C=O) groups excluding carboxylic acids is 1. The van der Waals surface area contributed by atoms with Gasteiger partial charge in [0.15, 0.2) is 5.78 Å². The molecule has 1 heterocycles. The number of hydrogen-bond donors (Lipinski definition) is 1. The van der Waals surface area contributed by atoms with E-state index in [0.29, 0.717) is 11.3 Å². The van der Waals surface area contributed by atoms with Crippen LogP contribution in [0.25, 0.3) is 23.0 Å². The molecule has 4 rings (SSSR count). The van der Waals surface area contributed by atoms with Crippen molar-refractivity contribution >= 4 is 11.9 Å². The summed E-state index contributed by atoms with van der Waals surface area (Å²) in [6.07, 6.45) is 5.11. The zero-order valence-electron chi connectivity index (χ0n) is 16.9. The number of hydrogen-bond acceptors (Lipinski definition) is 2. The molecule has 1 aromatic heterocycles. The molecule has 0 amide bonds. The molecular weight excluding hydrogens is 372 g/mol. The third-order valence-electron chi connectivity index (χ3n) is 5.17. The van der Waals surface area contributed by atoms with Gasteiger partial charge in [0, 0.05) is 11.8 Å². The summed E-state index contributed by atoms with van der Waals surface area (Å²) in [5, 5.41) is 0. The van der Waals surface area contributed by atoms with E-state index in [0.717, 1.165) is 16.8 Å². The van der Waals surface area contributed by atoms with Crippen molar-refractivity contribution < 1.29 is 4.79 Å². The number of allylic oxidation sites excluding steroid dienone is 1. The maximum atomic E-state index is 12.6. The van der Waals surface area contributed by atoms with Crippen molar-refractivity contribution in [3.63, 3.8) is 0 Å². The molecular formula is C26H22N2O2. The van der Waals surface area contributed by atoms with Crippen molar-refractivity contribution in [1.82, 2.24) is 9.55 Å². The molecule has 0 radical (unpaired) electrons. The molecule has 4 aromatic rings. The molecule has 0 saturated carbocycles. The maximum absolute atomic E-state index is 12.6. The first-order chi connectivity index (χ1) is 14.5. The Kier molecular flexibility index (Phi) is 5.31. The Morgan fingerprint density at radius 1 is 0.900 bits per heavy atom. The normalized spacial score (nSPS) is 11.1. The largest absolute Gasteiger partial charge is 0.330 e. The van der Waals surface area contributed by atoms with Gasteiger partial charge in [-0.25, -0.2) is 4.79 Å². The van der Waals surface area contributed by atoms with Crippen LogP contribution in [0.2, 0.25) is 0 Å². The first kappa shape index (κ1) is 19.4. The van der Waals surface area contributed by atoms with Crippen LogP contribution in [-0.2, 0) is 0 Å². The Morgan fingerprint density at radius 2 is 1.70 bits per heavy atom. The summed E-state index contributed by atoms with van der Waals surface area (Å²) in [6.45, 7) is 4.10. The molecule has 0 spiro atoms. The zero-order valence-corrected chi connectivity index (χ0v) is 16.9. The molecule has 0 unspecified atom stereocenters. The summed E-state index contributed by atoms with van der Waals surface area (Å²) < 4.78 is 1.53. The van der Waals surface area contributed by atoms with E-state index in [4.69, 9.17) is 0 Å². The first-order valence-corrected chi connectivity index (χ1v) is 9.78. The monoisotopic (exact) mass is 394 g/mol. The average Bonchev–Trinajstić information content (AvgIpc) is 3.16. The van der Waals surface area contributed by atoms with Crippen LogP contribution in [0.1, 0.15) is 27.0 Å². The lowest BCUT2D eigenvalue weighted by atomic mass is 10.0. The topological polar surface area (TPSA) is 54.9 Å². The van der Waals surface area contributed by atoms with E-state index in [2.05, 4.69) is 18.0 Å². The quantitative estimate of drug-likeness (QED) is 0.367. The number of aromatic amines is 1. The molecule has 148 valence electrons. The lowest BCUT2D eigenvalue weighted by molar-refractivity contribution is 0.104. The standard InChI is InChI=1S/C26H22N2O2/c1-18-11-13-21(15-19(18)2)24-17-28(26(30)27-24)23-10-6-9-22(16-23)25(29)14-12-20-7-4-3-5-8-20/h3-17H,1-2H3,(H,27,30)/b14-12+. The summed E-state index contributed by atoms with van der Waals surface area (Å²) in [5.74, 6) is -0.112. The number of aryl methyl sites for hydroxylation is 2. The van der Waals surface area contributed by atoms with Crippen molar-refractivity contribution in [3.05, 3.63) is 118 Å². The smallest absolute Gasteiger partial charge is 0.305 e. The number of ketones is 1. The molecule has 0 aliphatic carbocycles. The van der Waals surface area contributed by atoms with Gasteiger partial charge in [0.05, 0.1) is 11.4 Å². The Hall–Kier alpha value is -3.92. The van der Waals surface area contributed by atoms with Crippen molar-refractivity contribution in [1.29, 1.82) is 0 Å². The van der Waals surface area contributed by atoms with Gasteiger partial charge in [-0.2, -0.15) is 0 Å². The Balaban J connectivity index is 1.63. The Morgan fingerprint density at radius 3 is 2.47 bits per heavy atom. The molecule has 4 nitrogen and oxygen atoms in total. The summed E-state index contributed by atoms with van der Waals surface area (Å²) in [6, 6.07) is 22.8. The van der Waals surface area contributed by atoms with Crippen LogP contribution in [0.4, 0.5) is 0 Å². The Labute approximate surface area is 175 Å². The zero-order chi connectivity index (χ0) is 21.1. The second-order valence-electron chi connectivity index (χ2n) is 7.30. The number of rotatable bonds is 5. The minimum atomic E-state index is -0.243. The van der Waals surface area contributed by atoms with Crippen molar-refractivity contribution in [2.45, 2.75) is 13.8 Å². The first-order valence-electron chi connectivity index (χ1n) is 9.78. The summed E-state index contributed by atoms with van der Waals surface area (Å²) in [7, 11) is 0. The number of carbonyl (C=O) groups is 1. The van der Waals surface area contributed by atoms with Crippen LogP contribution >= 0.6 is 0 Å². The van der Waals surface area contributed by atoms with Gasteiger partial charge in [-0.15, -0.1) is 0 Å². The summed E-state index contributed by atoms with van der Waals surface area (Å²) in [4.78, 5) is 28.1. The summed E-state index contributed by atoms with van der Waals surface area (Å²) >= 11 is 0. The SMILES string of the molecule is Cc1ccc(-c2cn(-c3cccc(C(=O)/C=C/c4ccccc4)c3)c(=O)[nH]2)cc1C. The highest BCUT2D eigenvalue weighted by Crippen LogP contribution is 2.21. The van der Waals surface area contributed by atoms with Gasteiger partial charge >= 0.3 is 5.69 Å². The minimum Gasteiger partial charge on any atom is -0.305 e. The lowest BCUT2D eigenvalue weighted by Gasteiger charge is -2.04. The fraction of sp³-hybridized carbons (Fsp3) is 0.0769. The van der Waals surface area contributed by atoms with Gasteiger partial charge in [0.2, 0.25) is 0 Å². The third-order valence-corrected chi connectivity index (χ3v) is 5.17. The number of H-pyrrole nitrogens is 1. The number of aromatic nitrogens is 2. The van der Waals surface area contributed by atoms with Crippen LogP contribution in [0, 0.1) is 13.8 Å². The highest BCUT2D eigenvalue weighted by molar-refractivity contribution is 6.07. The number of nitrogens with one attached hydrogen (secondary N) is 1. The highest BCUT2D eigenvalue weighted by atomic mass is 16.1. The molecule has 0 fully saturated rings. The maximum Gasteiger partial charge on any atom is 0.330 e. The van der Waals surface area contributed by atoms with Gasteiger partial charge in [0.1, 0.15) is 0 Å². The highest BCUT2D eigenvalue weighted by Gasteiger charge is 2.10. The van der Waals surface area contributed by atoms with E-state index in [1.54, 1.807) is 36.5 Å². The van der Waals surface area contributed by atoms with Crippen LogP contribution in [0.3, 0.4) is 0 Å². The molecule has 3 aromatic carbocycles. The number of benzene rings is 3. The molecule has 0 aliphatic heterocycles. The van der Waals surface area contributed by atoms with Gasteiger partial charge in [-0.1, -0.05) is 60.7 Å². The Bertz CT molecular complexity index is 1290. The van der Waals surface area contributed by atoms with Gasteiger partial charge in [0.25, 0.3) is 0 Å². The fourth-order valence-electron chi connectivity index (χ4n) is 3.28.